The van der Waals surface area contributed by atoms with Crippen LogP contribution in [-0.2, 0) is 0 Å². The highest BCUT2D eigenvalue weighted by Crippen LogP contribution is 2.17. The van der Waals surface area contributed by atoms with E-state index in [4.69, 9.17) is 10.2 Å². The van der Waals surface area contributed by atoms with E-state index in [1.54, 1.807) is 6.92 Å². The molecule has 0 saturated heterocycles. The Morgan fingerprint density at radius 2 is 2.11 bits per heavy atom. The van der Waals surface area contributed by atoms with Crippen molar-refractivity contribution in [2.75, 3.05) is 6.61 Å². The van der Waals surface area contributed by atoms with E-state index in [0.29, 0.717) is 0 Å². The molecule has 0 heterocycles. The van der Waals surface area contributed by atoms with Gasteiger partial charge in [0.1, 0.15) is 0 Å². The lowest BCUT2D eigenvalue weighted by Gasteiger charge is -2.12. The Morgan fingerprint density at radius 3 is 2.22 bits per heavy atom. The Labute approximate surface area is 60.3 Å². The van der Waals surface area contributed by atoms with Crippen LogP contribution in [0.5, 0.6) is 0 Å². The van der Waals surface area contributed by atoms with Crippen molar-refractivity contribution < 1.29 is 10.2 Å². The van der Waals surface area contributed by atoms with Gasteiger partial charge in [-0.3, -0.25) is 0 Å². The summed E-state index contributed by atoms with van der Waals surface area (Å²) in [6, 6.07) is 0. The maximum absolute atomic E-state index is 8.84. The Kier molecular flexibility index (Phi) is 5.24. The van der Waals surface area contributed by atoms with E-state index in [1.807, 2.05) is 6.92 Å². The first-order valence-corrected chi connectivity index (χ1v) is 4.09. The molecule has 2 nitrogen and oxygen atoms in total. The first kappa shape index (κ1) is 9.27. The smallest absolute Gasteiger partial charge is 0.0968 e. The third kappa shape index (κ3) is 4.75. The molecule has 2 atom stereocenters. The second-order valence-corrected chi connectivity index (χ2v) is 3.57. The minimum atomic E-state index is -0.359. The molecule has 0 aromatic rings. The molecular formula is C6H14O2S. The molecule has 0 fully saturated rings. The molecule has 0 spiro atoms. The quantitative estimate of drug-likeness (QED) is 0.583. The van der Waals surface area contributed by atoms with Crippen LogP contribution in [0.15, 0.2) is 0 Å². The van der Waals surface area contributed by atoms with E-state index in [1.165, 1.54) is 11.8 Å². The van der Waals surface area contributed by atoms with Crippen LogP contribution in [0.4, 0.5) is 0 Å². The molecule has 0 aliphatic carbocycles. The minimum Gasteiger partial charge on any atom is -0.395 e. The maximum Gasteiger partial charge on any atom is 0.0968 e. The van der Waals surface area contributed by atoms with E-state index < -0.39 is 0 Å². The Morgan fingerprint density at radius 1 is 1.56 bits per heavy atom. The van der Waals surface area contributed by atoms with Crippen molar-refractivity contribution >= 4 is 11.8 Å². The van der Waals surface area contributed by atoms with Crippen molar-refractivity contribution in [1.82, 2.24) is 0 Å². The van der Waals surface area contributed by atoms with Gasteiger partial charge >= 0.3 is 0 Å². The highest BCUT2D eigenvalue weighted by atomic mass is 32.2. The first-order valence-electron chi connectivity index (χ1n) is 3.15. The summed E-state index contributed by atoms with van der Waals surface area (Å²) >= 11 is 1.41. The zero-order valence-corrected chi connectivity index (χ0v) is 6.69. The molecule has 0 aliphatic rings. The molecular weight excluding hydrogens is 136 g/mol. The van der Waals surface area contributed by atoms with Crippen LogP contribution in [0.3, 0.4) is 0 Å². The Balaban J connectivity index is 3.31. The highest BCUT2D eigenvalue weighted by molar-refractivity contribution is 8.00. The summed E-state index contributed by atoms with van der Waals surface area (Å²) in [5, 5.41) is 17.7. The topological polar surface area (TPSA) is 40.5 Å². The highest BCUT2D eigenvalue weighted by Gasteiger charge is 2.07. The summed E-state index contributed by atoms with van der Waals surface area (Å²) in [6.45, 7) is 3.87. The molecule has 9 heavy (non-hydrogen) atoms. The van der Waals surface area contributed by atoms with E-state index in [-0.39, 0.29) is 17.3 Å². The fraction of sp³-hybridized carbons (Fsp3) is 1.00. The number of hydrogen-bond donors (Lipinski definition) is 2. The SMILES string of the molecule is CC[C@@H](CO)S[C@@H](C)O. The van der Waals surface area contributed by atoms with Crippen LogP contribution in [0.25, 0.3) is 0 Å². The summed E-state index contributed by atoms with van der Waals surface area (Å²) in [5.74, 6) is 0. The molecule has 3 heteroatoms. The van der Waals surface area contributed by atoms with Crippen LogP contribution >= 0.6 is 11.8 Å². The van der Waals surface area contributed by atoms with Crippen molar-refractivity contribution in [3.8, 4) is 0 Å². The van der Waals surface area contributed by atoms with Crippen molar-refractivity contribution in [3.05, 3.63) is 0 Å². The summed E-state index contributed by atoms with van der Waals surface area (Å²) in [7, 11) is 0. The average Bonchev–Trinajstić information content (AvgIpc) is 1.82. The third-order valence-corrected chi connectivity index (χ3v) is 2.31. The Hall–Kier alpha value is 0.270. The molecule has 56 valence electrons. The van der Waals surface area contributed by atoms with E-state index in [0.717, 1.165) is 6.42 Å². The lowest BCUT2D eigenvalue weighted by atomic mass is 10.3. The Bertz CT molecular complexity index is 62.1. The third-order valence-electron chi connectivity index (χ3n) is 1.05. The van der Waals surface area contributed by atoms with E-state index in [9.17, 15) is 0 Å². The minimum absolute atomic E-state index is 0.159. The standard InChI is InChI=1S/C6H14O2S/c1-3-6(4-7)9-5(2)8/h5-8H,3-4H2,1-2H3/t5-,6-/m0/s1. The number of rotatable bonds is 4. The summed E-state index contributed by atoms with van der Waals surface area (Å²) in [5.41, 5.74) is -0.359. The first-order chi connectivity index (χ1) is 4.20. The molecule has 0 amide bonds. The van der Waals surface area contributed by atoms with Gasteiger partial charge in [0.15, 0.2) is 0 Å². The second kappa shape index (κ2) is 5.09. The molecule has 2 N–H and O–H groups in total. The van der Waals surface area contributed by atoms with Crippen molar-refractivity contribution in [1.29, 1.82) is 0 Å². The van der Waals surface area contributed by atoms with Crippen LogP contribution in [0.1, 0.15) is 20.3 Å². The molecule has 0 bridgehead atoms. The number of aliphatic hydroxyl groups excluding tert-OH is 2. The normalized spacial score (nSPS) is 17.3. The fourth-order valence-electron chi connectivity index (χ4n) is 0.547. The molecule has 0 saturated carbocycles. The summed E-state index contributed by atoms with van der Waals surface area (Å²) < 4.78 is 0. The van der Waals surface area contributed by atoms with Gasteiger partial charge in [0.25, 0.3) is 0 Å². The lowest BCUT2D eigenvalue weighted by molar-refractivity contribution is 0.271. The maximum atomic E-state index is 8.84. The van der Waals surface area contributed by atoms with Gasteiger partial charge in [0, 0.05) is 5.25 Å². The molecule has 0 rings (SSSR count). The summed E-state index contributed by atoms with van der Waals surface area (Å²) in [4.78, 5) is 0. The predicted molar refractivity (Wildman–Crippen MR) is 40.4 cm³/mol. The summed E-state index contributed by atoms with van der Waals surface area (Å²) in [6.07, 6.45) is 0.909. The van der Waals surface area contributed by atoms with Gasteiger partial charge in [-0.2, -0.15) is 0 Å². The second-order valence-electron chi connectivity index (χ2n) is 1.95. The van der Waals surface area contributed by atoms with Gasteiger partial charge in [-0.05, 0) is 13.3 Å². The molecule has 0 aromatic heterocycles. The largest absolute Gasteiger partial charge is 0.395 e. The van der Waals surface area contributed by atoms with E-state index >= 15 is 0 Å². The zero-order chi connectivity index (χ0) is 7.28. The molecule has 0 radical (unpaired) electrons. The van der Waals surface area contributed by atoms with Crippen LogP contribution in [0.2, 0.25) is 0 Å². The van der Waals surface area contributed by atoms with Crippen molar-refractivity contribution in [3.63, 3.8) is 0 Å². The van der Waals surface area contributed by atoms with Gasteiger partial charge in [-0.15, -0.1) is 11.8 Å². The monoisotopic (exact) mass is 150 g/mol. The van der Waals surface area contributed by atoms with Crippen LogP contribution < -0.4 is 0 Å². The number of hydrogen-bond acceptors (Lipinski definition) is 3. The number of aliphatic hydroxyl groups is 2. The molecule has 0 aliphatic heterocycles. The fourth-order valence-corrected chi connectivity index (χ4v) is 1.38. The predicted octanol–water partition coefficient (Wildman–Crippen LogP) is 0.829. The van der Waals surface area contributed by atoms with Gasteiger partial charge in [0.2, 0.25) is 0 Å². The van der Waals surface area contributed by atoms with Gasteiger partial charge < -0.3 is 10.2 Å². The van der Waals surface area contributed by atoms with E-state index in [2.05, 4.69) is 0 Å². The molecule has 0 unspecified atom stereocenters. The van der Waals surface area contributed by atoms with Crippen molar-refractivity contribution in [2.45, 2.75) is 31.0 Å². The lowest BCUT2D eigenvalue weighted by Crippen LogP contribution is -2.10. The molecule has 0 aromatic carbocycles. The van der Waals surface area contributed by atoms with Crippen LogP contribution in [-0.4, -0.2) is 27.5 Å². The average molecular weight is 150 g/mol. The van der Waals surface area contributed by atoms with Crippen molar-refractivity contribution in [2.24, 2.45) is 0 Å². The number of thioether (sulfide) groups is 1. The van der Waals surface area contributed by atoms with Gasteiger partial charge in [-0.1, -0.05) is 6.92 Å². The van der Waals surface area contributed by atoms with Gasteiger partial charge in [0.05, 0.1) is 12.0 Å². The van der Waals surface area contributed by atoms with Gasteiger partial charge in [-0.25, -0.2) is 0 Å². The zero-order valence-electron chi connectivity index (χ0n) is 5.87. The van der Waals surface area contributed by atoms with Crippen LogP contribution in [0, 0.1) is 0 Å².